The van der Waals surface area contributed by atoms with E-state index in [0.717, 1.165) is 23.1 Å². The highest BCUT2D eigenvalue weighted by Crippen LogP contribution is 2.35. The highest BCUT2D eigenvalue weighted by Gasteiger charge is 2.32. The molecular formula is C29H32F2N2O3. The number of hydrogen-bond acceptors (Lipinski definition) is 5. The predicted molar refractivity (Wildman–Crippen MR) is 137 cm³/mol. The van der Waals surface area contributed by atoms with Crippen LogP contribution in [0.5, 0.6) is 11.5 Å². The lowest BCUT2D eigenvalue weighted by Crippen LogP contribution is -2.43. The summed E-state index contributed by atoms with van der Waals surface area (Å²) < 4.78 is 45.5. The van der Waals surface area contributed by atoms with Crippen LogP contribution in [-0.4, -0.2) is 18.1 Å². The maximum atomic E-state index is 14.0. The zero-order valence-electron chi connectivity index (χ0n) is 21.3. The van der Waals surface area contributed by atoms with E-state index in [1.807, 2.05) is 36.4 Å². The van der Waals surface area contributed by atoms with Crippen LogP contribution in [-0.2, 0) is 13.2 Å². The number of benzene rings is 3. The largest absolute Gasteiger partial charge is 0.493 e. The second kappa shape index (κ2) is 10.6. The number of para-hydroxylation sites is 2. The Hall–Kier alpha value is -3.61. The fraction of sp³-hybridized carbons (Fsp3) is 0.345. The predicted octanol–water partition coefficient (Wildman–Crippen LogP) is 7.52. The van der Waals surface area contributed by atoms with E-state index in [-0.39, 0.29) is 23.6 Å². The first-order valence-electron chi connectivity index (χ1n) is 12.1. The molecule has 0 saturated carbocycles. The van der Waals surface area contributed by atoms with Crippen LogP contribution < -0.4 is 14.4 Å². The highest BCUT2D eigenvalue weighted by atomic mass is 19.1. The van der Waals surface area contributed by atoms with E-state index in [1.165, 1.54) is 25.3 Å². The van der Waals surface area contributed by atoms with E-state index in [2.05, 4.69) is 32.6 Å². The first-order chi connectivity index (χ1) is 17.2. The highest BCUT2D eigenvalue weighted by molar-refractivity contribution is 5.74. The van der Waals surface area contributed by atoms with Crippen LogP contribution in [0.2, 0.25) is 0 Å². The van der Waals surface area contributed by atoms with Gasteiger partial charge in [-0.25, -0.2) is 8.78 Å². The van der Waals surface area contributed by atoms with Crippen LogP contribution in [0.15, 0.2) is 65.1 Å². The van der Waals surface area contributed by atoms with Crippen molar-refractivity contribution in [2.24, 2.45) is 5.41 Å². The number of nitrogens with zero attached hydrogens (tertiary/aromatic N) is 2. The molecule has 1 heterocycles. The molecule has 0 amide bonds. The lowest BCUT2D eigenvalue weighted by molar-refractivity contribution is 0.273. The molecule has 0 aliphatic heterocycles. The molecule has 4 aromatic rings. The lowest BCUT2D eigenvalue weighted by atomic mass is 9.84. The Morgan fingerprint density at radius 1 is 0.972 bits per heavy atom. The van der Waals surface area contributed by atoms with Gasteiger partial charge in [-0.05, 0) is 53.8 Å². The van der Waals surface area contributed by atoms with Crippen molar-refractivity contribution < 1.29 is 22.7 Å². The summed E-state index contributed by atoms with van der Waals surface area (Å²) >= 11 is 0. The summed E-state index contributed by atoms with van der Waals surface area (Å²) in [5.41, 5.74) is 2.35. The van der Waals surface area contributed by atoms with Crippen molar-refractivity contribution >= 4 is 17.1 Å². The fourth-order valence-corrected chi connectivity index (χ4v) is 4.54. The van der Waals surface area contributed by atoms with Crippen LogP contribution in [0.4, 0.5) is 14.8 Å². The Kier molecular flexibility index (Phi) is 7.48. The molecule has 0 radical (unpaired) electrons. The van der Waals surface area contributed by atoms with Gasteiger partial charge in [0.2, 0.25) is 0 Å². The van der Waals surface area contributed by atoms with Crippen molar-refractivity contribution in [1.82, 2.24) is 4.98 Å². The molecule has 7 heteroatoms. The SMILES string of the molecule is CCC(N(Cc1ccc(OCc2c(F)cccc2F)c(OC)c1)c1nc2ccccc2o1)C(C)(C)C. The minimum Gasteiger partial charge on any atom is -0.493 e. The van der Waals surface area contributed by atoms with E-state index < -0.39 is 11.6 Å². The number of methoxy groups -OCH3 is 1. The maximum Gasteiger partial charge on any atom is 0.298 e. The van der Waals surface area contributed by atoms with Gasteiger partial charge in [-0.15, -0.1) is 0 Å². The summed E-state index contributed by atoms with van der Waals surface area (Å²) in [6, 6.07) is 17.7. The molecule has 0 N–H and O–H groups in total. The molecule has 36 heavy (non-hydrogen) atoms. The van der Waals surface area contributed by atoms with Crippen LogP contribution in [0.1, 0.15) is 45.2 Å². The molecular weight excluding hydrogens is 462 g/mol. The van der Waals surface area contributed by atoms with Gasteiger partial charge in [0, 0.05) is 12.6 Å². The Balaban J connectivity index is 1.63. The van der Waals surface area contributed by atoms with E-state index in [0.29, 0.717) is 24.1 Å². The molecule has 0 fully saturated rings. The molecule has 190 valence electrons. The van der Waals surface area contributed by atoms with Gasteiger partial charge in [0.05, 0.1) is 12.7 Å². The van der Waals surface area contributed by atoms with Crippen LogP contribution in [0, 0.1) is 17.0 Å². The molecule has 1 atom stereocenters. The van der Waals surface area contributed by atoms with E-state index in [1.54, 1.807) is 6.07 Å². The summed E-state index contributed by atoms with van der Waals surface area (Å²) in [6.45, 7) is 9.06. The van der Waals surface area contributed by atoms with Gasteiger partial charge in [0.15, 0.2) is 17.1 Å². The number of ether oxygens (including phenoxy) is 2. The average molecular weight is 495 g/mol. The Labute approximate surface area is 210 Å². The standard InChI is InChI=1S/C29H32F2N2O3/c1-6-27(29(2,3)4)33(28-32-23-12-7-8-13-24(23)36-28)17-19-14-15-25(26(16-19)34-5)35-18-20-21(30)10-9-11-22(20)31/h7-16,27H,6,17-18H2,1-5H3. The second-order valence-corrected chi connectivity index (χ2v) is 9.86. The van der Waals surface area contributed by atoms with Crippen molar-refractivity contribution in [1.29, 1.82) is 0 Å². The van der Waals surface area contributed by atoms with Gasteiger partial charge in [0.25, 0.3) is 6.01 Å². The molecule has 5 nitrogen and oxygen atoms in total. The van der Waals surface area contributed by atoms with Gasteiger partial charge in [-0.1, -0.05) is 52.0 Å². The number of halogens is 2. The van der Waals surface area contributed by atoms with Crippen LogP contribution in [0.3, 0.4) is 0 Å². The van der Waals surface area contributed by atoms with Crippen molar-refractivity contribution in [3.05, 3.63) is 83.4 Å². The third-order valence-electron chi connectivity index (χ3n) is 6.31. The minimum atomic E-state index is -0.646. The minimum absolute atomic E-state index is 0.0353. The molecule has 0 saturated heterocycles. The lowest BCUT2D eigenvalue weighted by Gasteiger charge is -2.39. The number of rotatable bonds is 9. The van der Waals surface area contributed by atoms with Gasteiger partial charge in [0.1, 0.15) is 23.8 Å². The number of aromatic nitrogens is 1. The normalized spacial score (nSPS) is 12.5. The Morgan fingerprint density at radius 3 is 2.33 bits per heavy atom. The van der Waals surface area contributed by atoms with Crippen molar-refractivity contribution in [3.8, 4) is 11.5 Å². The summed E-state index contributed by atoms with van der Waals surface area (Å²) in [6.07, 6.45) is 0.898. The van der Waals surface area contributed by atoms with E-state index in [4.69, 9.17) is 18.9 Å². The molecule has 1 aromatic heterocycles. The topological polar surface area (TPSA) is 47.7 Å². The first-order valence-corrected chi connectivity index (χ1v) is 12.1. The van der Waals surface area contributed by atoms with Gasteiger partial charge >= 0.3 is 0 Å². The number of hydrogen-bond donors (Lipinski definition) is 0. The summed E-state index contributed by atoms with van der Waals surface area (Å²) in [5.74, 6) is -0.412. The molecule has 0 bridgehead atoms. The fourth-order valence-electron chi connectivity index (χ4n) is 4.54. The third kappa shape index (κ3) is 5.45. The van der Waals surface area contributed by atoms with E-state index >= 15 is 0 Å². The van der Waals surface area contributed by atoms with E-state index in [9.17, 15) is 8.78 Å². The maximum absolute atomic E-state index is 14.0. The molecule has 4 rings (SSSR count). The Morgan fingerprint density at radius 2 is 1.69 bits per heavy atom. The molecule has 1 unspecified atom stereocenters. The zero-order chi connectivity index (χ0) is 25.9. The summed E-state index contributed by atoms with van der Waals surface area (Å²) in [7, 11) is 1.54. The summed E-state index contributed by atoms with van der Waals surface area (Å²) in [4.78, 5) is 6.95. The molecule has 0 spiro atoms. The van der Waals surface area contributed by atoms with Gasteiger partial charge in [-0.3, -0.25) is 0 Å². The van der Waals surface area contributed by atoms with Crippen molar-refractivity contribution in [2.45, 2.75) is 53.3 Å². The van der Waals surface area contributed by atoms with Crippen molar-refractivity contribution in [3.63, 3.8) is 0 Å². The molecule has 0 aliphatic carbocycles. The van der Waals surface area contributed by atoms with Crippen LogP contribution in [0.25, 0.3) is 11.1 Å². The first kappa shape index (κ1) is 25.5. The molecule has 3 aromatic carbocycles. The molecule has 0 aliphatic rings. The number of fused-ring (bicyclic) bond motifs is 1. The monoisotopic (exact) mass is 494 g/mol. The smallest absolute Gasteiger partial charge is 0.298 e. The second-order valence-electron chi connectivity index (χ2n) is 9.86. The van der Waals surface area contributed by atoms with Crippen molar-refractivity contribution in [2.75, 3.05) is 12.0 Å². The number of anilines is 1. The van der Waals surface area contributed by atoms with Gasteiger partial charge in [-0.2, -0.15) is 4.98 Å². The quantitative estimate of drug-likeness (QED) is 0.241. The third-order valence-corrected chi connectivity index (χ3v) is 6.31. The number of oxazole rings is 1. The van der Waals surface area contributed by atoms with Crippen LogP contribution >= 0.6 is 0 Å². The zero-order valence-corrected chi connectivity index (χ0v) is 21.3. The van der Waals surface area contributed by atoms with Gasteiger partial charge < -0.3 is 18.8 Å². The summed E-state index contributed by atoms with van der Waals surface area (Å²) in [5, 5.41) is 0. The Bertz CT molecular complexity index is 1280. The average Bonchev–Trinajstić information content (AvgIpc) is 3.27.